The smallest absolute Gasteiger partial charge is 0.338 e. The van der Waals surface area contributed by atoms with Crippen LogP contribution in [0.4, 0.5) is 5.69 Å². The maximum absolute atomic E-state index is 12.7. The standard InChI is InChI=1S/C20H21NO4S2/c1-14-11-12-21(17-5-3-4-6-18(17)26-14)19(22)13-25-20(23)15-7-9-16(10-8-15)27(2)24/h3-10,14H,11-13H2,1-2H3/t14-,27+/m1/s1. The van der Waals surface area contributed by atoms with Gasteiger partial charge in [-0.05, 0) is 42.8 Å². The summed E-state index contributed by atoms with van der Waals surface area (Å²) in [4.78, 5) is 28.3. The fourth-order valence-electron chi connectivity index (χ4n) is 2.82. The maximum atomic E-state index is 12.7. The Kier molecular flexibility index (Phi) is 6.34. The van der Waals surface area contributed by atoms with Crippen molar-refractivity contribution < 1.29 is 18.5 Å². The number of carbonyl (C=O) groups is 2. The highest BCUT2D eigenvalue weighted by molar-refractivity contribution is 8.00. The molecule has 1 aliphatic heterocycles. The van der Waals surface area contributed by atoms with E-state index in [2.05, 4.69) is 6.92 Å². The molecule has 1 aliphatic rings. The van der Waals surface area contributed by atoms with Gasteiger partial charge >= 0.3 is 5.97 Å². The summed E-state index contributed by atoms with van der Waals surface area (Å²) in [6, 6.07) is 14.2. The van der Waals surface area contributed by atoms with Crippen molar-refractivity contribution in [1.29, 1.82) is 0 Å². The lowest BCUT2D eigenvalue weighted by Crippen LogP contribution is -2.35. The first-order valence-electron chi connectivity index (χ1n) is 8.62. The fraction of sp³-hybridized carbons (Fsp3) is 0.300. The quantitative estimate of drug-likeness (QED) is 0.731. The number of rotatable bonds is 4. The summed E-state index contributed by atoms with van der Waals surface area (Å²) in [5, 5.41) is 0.411. The van der Waals surface area contributed by atoms with Crippen LogP contribution in [-0.4, -0.2) is 40.7 Å². The molecule has 5 nitrogen and oxygen atoms in total. The topological polar surface area (TPSA) is 63.7 Å². The zero-order valence-electron chi connectivity index (χ0n) is 15.2. The van der Waals surface area contributed by atoms with Crippen molar-refractivity contribution in [3.8, 4) is 0 Å². The molecule has 2 aromatic rings. The van der Waals surface area contributed by atoms with Gasteiger partial charge in [-0.15, -0.1) is 11.8 Å². The van der Waals surface area contributed by atoms with Crippen LogP contribution >= 0.6 is 11.8 Å². The highest BCUT2D eigenvalue weighted by Gasteiger charge is 2.25. The Bertz CT molecular complexity index is 867. The summed E-state index contributed by atoms with van der Waals surface area (Å²) < 4.78 is 16.6. The lowest BCUT2D eigenvalue weighted by Gasteiger charge is -2.22. The van der Waals surface area contributed by atoms with E-state index in [-0.39, 0.29) is 12.5 Å². The van der Waals surface area contributed by atoms with Gasteiger partial charge in [0.05, 0.1) is 11.3 Å². The molecule has 0 unspecified atom stereocenters. The Hall–Kier alpha value is -2.12. The Morgan fingerprint density at radius 2 is 1.89 bits per heavy atom. The van der Waals surface area contributed by atoms with Crippen LogP contribution in [0.15, 0.2) is 58.3 Å². The van der Waals surface area contributed by atoms with Crippen LogP contribution < -0.4 is 4.90 Å². The average Bonchev–Trinajstić information content (AvgIpc) is 2.84. The summed E-state index contributed by atoms with van der Waals surface area (Å²) in [5.41, 5.74) is 1.19. The molecule has 0 radical (unpaired) electrons. The molecule has 0 aliphatic carbocycles. The monoisotopic (exact) mass is 403 g/mol. The zero-order chi connectivity index (χ0) is 19.4. The molecule has 0 bridgehead atoms. The van der Waals surface area contributed by atoms with Crippen molar-refractivity contribution in [3.63, 3.8) is 0 Å². The molecule has 0 saturated carbocycles. The number of hydrogen-bond acceptors (Lipinski definition) is 5. The van der Waals surface area contributed by atoms with Gasteiger partial charge in [0.25, 0.3) is 5.91 Å². The number of amides is 1. The van der Waals surface area contributed by atoms with Gasteiger partial charge in [-0.1, -0.05) is 19.1 Å². The Labute approximate surface area is 165 Å². The lowest BCUT2D eigenvalue weighted by atomic mass is 10.2. The molecule has 2 atom stereocenters. The number of ether oxygens (including phenoxy) is 1. The molecule has 0 spiro atoms. The van der Waals surface area contributed by atoms with Crippen molar-refractivity contribution in [3.05, 3.63) is 54.1 Å². The largest absolute Gasteiger partial charge is 0.452 e. The van der Waals surface area contributed by atoms with Crippen molar-refractivity contribution in [2.75, 3.05) is 24.3 Å². The summed E-state index contributed by atoms with van der Waals surface area (Å²) in [7, 11) is -1.11. The minimum atomic E-state index is -1.11. The summed E-state index contributed by atoms with van der Waals surface area (Å²) in [6.07, 6.45) is 2.44. The van der Waals surface area contributed by atoms with Crippen LogP contribution in [0.1, 0.15) is 23.7 Å². The van der Waals surface area contributed by atoms with Crippen LogP contribution in [0.5, 0.6) is 0 Å². The highest BCUT2D eigenvalue weighted by Crippen LogP contribution is 2.37. The van der Waals surface area contributed by atoms with Crippen molar-refractivity contribution >= 4 is 40.1 Å². The maximum Gasteiger partial charge on any atom is 0.338 e. The Morgan fingerprint density at radius 1 is 1.19 bits per heavy atom. The van der Waals surface area contributed by atoms with Crippen molar-refractivity contribution in [1.82, 2.24) is 0 Å². The molecular formula is C20H21NO4S2. The molecule has 1 heterocycles. The van der Waals surface area contributed by atoms with Gasteiger partial charge in [0, 0.05) is 38.6 Å². The van der Waals surface area contributed by atoms with Crippen LogP contribution in [0.2, 0.25) is 0 Å². The van der Waals surface area contributed by atoms with E-state index in [9.17, 15) is 13.8 Å². The number of anilines is 1. The molecule has 142 valence electrons. The average molecular weight is 404 g/mol. The predicted octanol–water partition coefficient (Wildman–Crippen LogP) is 3.50. The second-order valence-corrected chi connectivity index (χ2v) is 9.14. The second kappa shape index (κ2) is 8.71. The van der Waals surface area contributed by atoms with Gasteiger partial charge in [-0.2, -0.15) is 0 Å². The van der Waals surface area contributed by atoms with Gasteiger partial charge < -0.3 is 9.64 Å². The van der Waals surface area contributed by atoms with Crippen LogP contribution in [0.25, 0.3) is 0 Å². The summed E-state index contributed by atoms with van der Waals surface area (Å²) >= 11 is 1.75. The molecular weight excluding hydrogens is 382 g/mol. The third-order valence-corrected chi connectivity index (χ3v) is 6.47. The molecule has 0 N–H and O–H groups in total. The predicted molar refractivity (Wildman–Crippen MR) is 108 cm³/mol. The molecule has 7 heteroatoms. The molecule has 2 aromatic carbocycles. The third kappa shape index (κ3) is 4.78. The van der Waals surface area contributed by atoms with Gasteiger partial charge in [0.2, 0.25) is 0 Å². The Morgan fingerprint density at radius 3 is 2.59 bits per heavy atom. The first kappa shape index (κ1) is 19.6. The van der Waals surface area contributed by atoms with Crippen molar-refractivity contribution in [2.45, 2.75) is 28.4 Å². The number of hydrogen-bond donors (Lipinski definition) is 0. The van der Waals surface area contributed by atoms with Crippen LogP contribution in [-0.2, 0) is 20.3 Å². The summed E-state index contributed by atoms with van der Waals surface area (Å²) in [6.45, 7) is 2.43. The molecule has 3 rings (SSSR count). The molecule has 1 amide bonds. The van der Waals surface area contributed by atoms with E-state index in [0.717, 1.165) is 17.0 Å². The molecule has 0 saturated heterocycles. The van der Waals surface area contributed by atoms with E-state index in [0.29, 0.717) is 22.3 Å². The molecule has 0 aromatic heterocycles. The van der Waals surface area contributed by atoms with E-state index < -0.39 is 16.8 Å². The van der Waals surface area contributed by atoms with Crippen molar-refractivity contribution in [2.24, 2.45) is 0 Å². The first-order chi connectivity index (χ1) is 13.0. The number of esters is 1. The number of fused-ring (bicyclic) bond motifs is 1. The van der Waals surface area contributed by atoms with E-state index in [1.54, 1.807) is 47.2 Å². The zero-order valence-corrected chi connectivity index (χ0v) is 16.8. The molecule has 27 heavy (non-hydrogen) atoms. The number of benzene rings is 2. The van der Waals surface area contributed by atoms with E-state index >= 15 is 0 Å². The Balaban J connectivity index is 1.67. The minimum absolute atomic E-state index is 0.239. The fourth-order valence-corrected chi connectivity index (χ4v) is 4.45. The number of para-hydroxylation sites is 1. The van der Waals surface area contributed by atoms with E-state index in [1.165, 1.54) is 0 Å². The summed E-state index contributed by atoms with van der Waals surface area (Å²) in [5.74, 6) is -0.806. The highest BCUT2D eigenvalue weighted by atomic mass is 32.2. The first-order valence-corrected chi connectivity index (χ1v) is 11.1. The lowest BCUT2D eigenvalue weighted by molar-refractivity contribution is -0.121. The van der Waals surface area contributed by atoms with Gasteiger partial charge in [-0.25, -0.2) is 4.79 Å². The minimum Gasteiger partial charge on any atom is -0.452 e. The normalized spacial score (nSPS) is 17.6. The third-order valence-electron chi connectivity index (χ3n) is 4.29. The number of carbonyl (C=O) groups excluding carboxylic acids is 2. The molecule has 0 fully saturated rings. The van der Waals surface area contributed by atoms with Gasteiger partial charge in [-0.3, -0.25) is 9.00 Å². The van der Waals surface area contributed by atoms with Gasteiger partial charge in [0.15, 0.2) is 6.61 Å². The number of thioether (sulfide) groups is 1. The SMILES string of the molecule is C[C@@H]1CCN(C(=O)COC(=O)c2ccc([S@](C)=O)cc2)c2ccccc2S1. The second-order valence-electron chi connectivity index (χ2n) is 6.28. The van der Waals surface area contributed by atoms with Gasteiger partial charge in [0.1, 0.15) is 0 Å². The van der Waals surface area contributed by atoms with E-state index in [1.807, 2.05) is 24.3 Å². The van der Waals surface area contributed by atoms with E-state index in [4.69, 9.17) is 4.74 Å². The van der Waals surface area contributed by atoms with Crippen LogP contribution in [0, 0.1) is 0 Å². The van der Waals surface area contributed by atoms with Crippen LogP contribution in [0.3, 0.4) is 0 Å². The number of nitrogens with zero attached hydrogens (tertiary/aromatic N) is 1.